The van der Waals surface area contributed by atoms with Gasteiger partial charge in [-0.25, -0.2) is 4.79 Å². The SMILES string of the molecule is Cc1cc(C)c2c(c1)CC(=N\OCC(=O)N1CCC(Cc3ccccc3)CC1)/C=C/CC/C=C/CCOC2=O. The van der Waals surface area contributed by atoms with Crippen LogP contribution in [0, 0.1) is 19.8 Å². The Labute approximate surface area is 232 Å². The number of likely N-dealkylation sites (tertiary alicyclic amines) is 1. The lowest BCUT2D eigenvalue weighted by molar-refractivity contribution is -0.137. The number of rotatable bonds is 5. The van der Waals surface area contributed by atoms with Gasteiger partial charge in [-0.15, -0.1) is 0 Å². The number of carbonyl (C=O) groups is 2. The third-order valence-electron chi connectivity index (χ3n) is 7.34. The van der Waals surface area contributed by atoms with Crippen LogP contribution in [0.1, 0.15) is 64.7 Å². The van der Waals surface area contributed by atoms with E-state index in [1.807, 2.05) is 49.1 Å². The van der Waals surface area contributed by atoms with Crippen LogP contribution >= 0.6 is 0 Å². The van der Waals surface area contributed by atoms with Crippen molar-refractivity contribution in [1.29, 1.82) is 0 Å². The maximum atomic E-state index is 12.9. The van der Waals surface area contributed by atoms with E-state index in [0.717, 1.165) is 61.9 Å². The summed E-state index contributed by atoms with van der Waals surface area (Å²) in [5.74, 6) is 0.243. The monoisotopic (exact) mass is 528 g/mol. The quantitative estimate of drug-likeness (QED) is 0.265. The second-order valence-corrected chi connectivity index (χ2v) is 10.5. The molecule has 0 spiro atoms. The summed E-state index contributed by atoms with van der Waals surface area (Å²) in [4.78, 5) is 33.3. The fourth-order valence-corrected chi connectivity index (χ4v) is 5.34. The number of piperidine rings is 1. The smallest absolute Gasteiger partial charge is 0.338 e. The molecule has 1 fully saturated rings. The van der Waals surface area contributed by atoms with Crippen LogP contribution in [-0.2, 0) is 27.2 Å². The van der Waals surface area contributed by atoms with Crippen molar-refractivity contribution in [2.24, 2.45) is 11.1 Å². The number of aryl methyl sites for hydroxylation is 2. The molecule has 0 N–H and O–H groups in total. The Morgan fingerprint density at radius 1 is 1.03 bits per heavy atom. The van der Waals surface area contributed by atoms with E-state index in [1.165, 1.54) is 5.56 Å². The number of fused-ring (bicyclic) bond motifs is 1. The molecule has 4 rings (SSSR count). The highest BCUT2D eigenvalue weighted by atomic mass is 16.6. The molecule has 0 radical (unpaired) electrons. The highest BCUT2D eigenvalue weighted by Crippen LogP contribution is 2.22. The van der Waals surface area contributed by atoms with Crippen molar-refractivity contribution in [2.45, 2.75) is 58.8 Å². The summed E-state index contributed by atoms with van der Waals surface area (Å²) in [5, 5.41) is 4.35. The fraction of sp³-hybridized carbons (Fsp3) is 0.424. The molecule has 206 valence electrons. The molecule has 2 aliphatic heterocycles. The van der Waals surface area contributed by atoms with E-state index in [0.29, 0.717) is 36.6 Å². The number of cyclic esters (lactones) is 1. The van der Waals surface area contributed by atoms with E-state index in [-0.39, 0.29) is 18.5 Å². The predicted molar refractivity (Wildman–Crippen MR) is 155 cm³/mol. The predicted octanol–water partition coefficient (Wildman–Crippen LogP) is 6.15. The standard InChI is InChI=1S/C33H40N2O4/c1-25-20-26(2)32-29(21-25)23-30(14-10-5-3-4-6-11-19-38-33(32)37)34-39-24-31(36)35-17-15-28(16-18-35)22-27-12-8-7-9-13-27/h4,6-10,12-14,20-21,28H,3,5,11,15-19,22-24H2,1-2H3/b6-4+,14-10+,34-30-. The first kappa shape index (κ1) is 28.3. The first-order valence-corrected chi connectivity index (χ1v) is 14.1. The first-order chi connectivity index (χ1) is 19.0. The number of benzene rings is 2. The number of ether oxygens (including phenoxy) is 1. The third kappa shape index (κ3) is 8.67. The highest BCUT2D eigenvalue weighted by molar-refractivity contribution is 6.00. The number of carbonyl (C=O) groups excluding carboxylic acids is 2. The zero-order valence-corrected chi connectivity index (χ0v) is 23.2. The number of amides is 1. The molecule has 2 heterocycles. The van der Waals surface area contributed by atoms with Crippen LogP contribution in [0.4, 0.5) is 0 Å². The van der Waals surface area contributed by atoms with Crippen molar-refractivity contribution in [3.63, 3.8) is 0 Å². The van der Waals surface area contributed by atoms with Crippen molar-refractivity contribution >= 4 is 17.6 Å². The van der Waals surface area contributed by atoms with Gasteiger partial charge in [0.2, 0.25) is 0 Å². The van der Waals surface area contributed by atoms with Gasteiger partial charge in [-0.1, -0.05) is 71.4 Å². The molecular formula is C33H40N2O4. The molecular weight excluding hydrogens is 488 g/mol. The van der Waals surface area contributed by atoms with E-state index in [4.69, 9.17) is 9.57 Å². The molecule has 2 aromatic carbocycles. The van der Waals surface area contributed by atoms with Crippen LogP contribution in [0.3, 0.4) is 0 Å². The van der Waals surface area contributed by atoms with Crippen LogP contribution in [0.25, 0.3) is 0 Å². The molecule has 6 heteroatoms. The Kier molecular flexibility index (Phi) is 10.5. The van der Waals surface area contributed by atoms with Gasteiger partial charge in [0.25, 0.3) is 5.91 Å². The normalized spacial score (nSPS) is 20.0. The second kappa shape index (κ2) is 14.5. The Morgan fingerprint density at radius 2 is 1.77 bits per heavy atom. The van der Waals surface area contributed by atoms with E-state index in [1.54, 1.807) is 0 Å². The minimum Gasteiger partial charge on any atom is -0.462 e. The van der Waals surface area contributed by atoms with Gasteiger partial charge in [-0.3, -0.25) is 4.79 Å². The van der Waals surface area contributed by atoms with Crippen molar-refractivity contribution in [3.8, 4) is 0 Å². The number of hydrogen-bond donors (Lipinski definition) is 0. The van der Waals surface area contributed by atoms with Gasteiger partial charge in [0, 0.05) is 19.5 Å². The first-order valence-electron chi connectivity index (χ1n) is 14.1. The topological polar surface area (TPSA) is 68.2 Å². The maximum Gasteiger partial charge on any atom is 0.338 e. The van der Waals surface area contributed by atoms with E-state index in [9.17, 15) is 9.59 Å². The summed E-state index contributed by atoms with van der Waals surface area (Å²) in [7, 11) is 0. The second-order valence-electron chi connectivity index (χ2n) is 10.5. The molecule has 0 aliphatic carbocycles. The number of hydrogen-bond acceptors (Lipinski definition) is 5. The van der Waals surface area contributed by atoms with Gasteiger partial charge in [0.05, 0.1) is 17.9 Å². The fourth-order valence-electron chi connectivity index (χ4n) is 5.34. The van der Waals surface area contributed by atoms with Gasteiger partial charge >= 0.3 is 5.97 Å². The van der Waals surface area contributed by atoms with Gasteiger partial charge in [0.15, 0.2) is 6.61 Å². The van der Waals surface area contributed by atoms with Crippen molar-refractivity contribution in [2.75, 3.05) is 26.3 Å². The summed E-state index contributed by atoms with van der Waals surface area (Å²) in [6, 6.07) is 14.5. The van der Waals surface area contributed by atoms with Crippen molar-refractivity contribution in [1.82, 2.24) is 4.90 Å². The molecule has 0 atom stereocenters. The summed E-state index contributed by atoms with van der Waals surface area (Å²) in [6.07, 6.45) is 14.1. The molecule has 0 saturated carbocycles. The lowest BCUT2D eigenvalue weighted by atomic mass is 9.90. The Bertz CT molecular complexity index is 1210. The molecule has 0 aromatic heterocycles. The van der Waals surface area contributed by atoms with Gasteiger partial charge in [0.1, 0.15) is 0 Å². The van der Waals surface area contributed by atoms with Crippen LogP contribution in [0.2, 0.25) is 0 Å². The Morgan fingerprint density at radius 3 is 2.56 bits per heavy atom. The van der Waals surface area contributed by atoms with Crippen molar-refractivity contribution in [3.05, 3.63) is 94.6 Å². The molecule has 2 aromatic rings. The average molecular weight is 529 g/mol. The van der Waals surface area contributed by atoms with E-state index < -0.39 is 0 Å². The highest BCUT2D eigenvalue weighted by Gasteiger charge is 2.23. The lowest BCUT2D eigenvalue weighted by Crippen LogP contribution is -2.40. The van der Waals surface area contributed by atoms with Crippen LogP contribution in [0.15, 0.2) is 71.9 Å². The molecule has 1 amide bonds. The van der Waals surface area contributed by atoms with Gasteiger partial charge in [-0.2, -0.15) is 0 Å². The van der Waals surface area contributed by atoms with Crippen LogP contribution in [-0.4, -0.2) is 48.8 Å². The maximum absolute atomic E-state index is 12.9. The van der Waals surface area contributed by atoms with Gasteiger partial charge in [-0.05, 0) is 81.1 Å². The minimum atomic E-state index is -0.317. The average Bonchev–Trinajstić information content (AvgIpc) is 2.92. The number of allylic oxidation sites excluding steroid dienone is 3. The Hall–Kier alpha value is -3.67. The third-order valence-corrected chi connectivity index (χ3v) is 7.34. The summed E-state index contributed by atoms with van der Waals surface area (Å²) in [6.45, 7) is 5.70. The number of esters is 1. The molecule has 39 heavy (non-hydrogen) atoms. The molecule has 6 nitrogen and oxygen atoms in total. The molecule has 2 aliphatic rings. The number of nitrogens with zero attached hydrogens (tertiary/aromatic N) is 2. The van der Waals surface area contributed by atoms with E-state index in [2.05, 4.69) is 41.6 Å². The number of oxime groups is 1. The minimum absolute atomic E-state index is 0.0387. The zero-order chi connectivity index (χ0) is 27.5. The summed E-state index contributed by atoms with van der Waals surface area (Å²) < 4.78 is 5.56. The lowest BCUT2D eigenvalue weighted by Gasteiger charge is -2.31. The van der Waals surface area contributed by atoms with Crippen LogP contribution < -0.4 is 0 Å². The zero-order valence-electron chi connectivity index (χ0n) is 23.2. The summed E-state index contributed by atoms with van der Waals surface area (Å²) >= 11 is 0. The van der Waals surface area contributed by atoms with Gasteiger partial charge < -0.3 is 14.5 Å². The van der Waals surface area contributed by atoms with Crippen molar-refractivity contribution < 1.29 is 19.2 Å². The molecule has 0 bridgehead atoms. The molecule has 1 saturated heterocycles. The van der Waals surface area contributed by atoms with E-state index >= 15 is 0 Å². The summed E-state index contributed by atoms with van der Waals surface area (Å²) in [5.41, 5.74) is 5.41. The molecule has 0 unspecified atom stereocenters. The largest absolute Gasteiger partial charge is 0.462 e. The Balaban J connectivity index is 1.39. The van der Waals surface area contributed by atoms with Crippen LogP contribution in [0.5, 0.6) is 0 Å².